The molecule has 1 aliphatic heterocycles. The molecule has 4 N–H and O–H groups in total. The van der Waals surface area contributed by atoms with Crippen LogP contribution < -0.4 is 15.2 Å². The van der Waals surface area contributed by atoms with Gasteiger partial charge >= 0.3 is 0 Å². The van der Waals surface area contributed by atoms with Crippen LogP contribution in [0.4, 0.5) is 0 Å². The summed E-state index contributed by atoms with van der Waals surface area (Å²) in [4.78, 5) is 1.59. The fraction of sp³-hybridized carbons (Fsp3) is 0.333. The monoisotopic (exact) mass is 538 g/mol. The Bertz CT molecular complexity index is 1320. The fourth-order valence-electron chi connectivity index (χ4n) is 4.01. The van der Waals surface area contributed by atoms with E-state index in [0.29, 0.717) is 0 Å². The van der Waals surface area contributed by atoms with Gasteiger partial charge in [0.15, 0.2) is 11.5 Å². The molecule has 1 unspecified atom stereocenters. The Morgan fingerprint density at radius 1 is 0.889 bits per heavy atom. The number of nitrogens with zero attached hydrogens (tertiary/aromatic N) is 1. The summed E-state index contributed by atoms with van der Waals surface area (Å²) in [7, 11) is -7.27. The fourth-order valence-corrected chi connectivity index (χ4v) is 5.42. The van der Waals surface area contributed by atoms with Gasteiger partial charge in [0, 0.05) is 23.9 Å². The maximum Gasteiger partial charge on any atom is 0.295 e. The van der Waals surface area contributed by atoms with Gasteiger partial charge in [-0.3, -0.25) is 14.0 Å². The predicted octanol–water partition coefficient (Wildman–Crippen LogP) is 2.83. The van der Waals surface area contributed by atoms with Crippen LogP contribution in [0.15, 0.2) is 70.5 Å². The van der Waals surface area contributed by atoms with Gasteiger partial charge in [0.05, 0.1) is 7.11 Å². The molecular weight excluding hydrogens is 508 g/mol. The van der Waals surface area contributed by atoms with Crippen molar-refractivity contribution in [2.75, 3.05) is 33.3 Å². The van der Waals surface area contributed by atoms with Crippen molar-refractivity contribution in [2.24, 2.45) is 5.73 Å². The van der Waals surface area contributed by atoms with E-state index >= 15 is 0 Å². The molecule has 1 fully saturated rings. The first-order valence-electron chi connectivity index (χ1n) is 11.2. The lowest BCUT2D eigenvalue weighted by Crippen LogP contribution is -2.27. The molecule has 0 amide bonds. The highest BCUT2D eigenvalue weighted by molar-refractivity contribution is 7.86. The summed E-state index contributed by atoms with van der Waals surface area (Å²) < 4.78 is 74.0. The van der Waals surface area contributed by atoms with Crippen molar-refractivity contribution in [1.82, 2.24) is 4.90 Å². The molecule has 10 nitrogen and oxygen atoms in total. The minimum atomic E-state index is -4.47. The van der Waals surface area contributed by atoms with E-state index in [1.165, 1.54) is 24.3 Å². The molecule has 3 aromatic rings. The molecule has 12 heteroatoms. The molecule has 0 saturated carbocycles. The normalized spacial score (nSPS) is 16.4. The third kappa shape index (κ3) is 7.15. The average molecular weight is 539 g/mol. The van der Waals surface area contributed by atoms with Crippen molar-refractivity contribution >= 4 is 31.0 Å². The summed E-state index contributed by atoms with van der Waals surface area (Å²) in [6, 6.07) is 15.3. The number of para-hydroxylation sites is 2. The quantitative estimate of drug-likeness (QED) is 0.364. The highest BCUT2D eigenvalue weighted by Gasteiger charge is 2.24. The Kier molecular flexibility index (Phi) is 9.28. The maximum absolute atomic E-state index is 11.2. The summed E-state index contributed by atoms with van der Waals surface area (Å²) in [6.07, 6.45) is 2.39. The molecule has 36 heavy (non-hydrogen) atoms. The molecule has 4 rings (SSSR count). The van der Waals surface area contributed by atoms with Crippen LogP contribution in [-0.2, 0) is 20.2 Å². The first-order valence-corrected chi connectivity index (χ1v) is 14.1. The molecule has 0 spiro atoms. The van der Waals surface area contributed by atoms with Crippen molar-refractivity contribution in [2.45, 2.75) is 28.7 Å². The lowest BCUT2D eigenvalue weighted by Gasteiger charge is -2.17. The summed E-state index contributed by atoms with van der Waals surface area (Å²) in [5.41, 5.74) is 5.53. The van der Waals surface area contributed by atoms with E-state index in [4.69, 9.17) is 24.3 Å². The zero-order valence-electron chi connectivity index (χ0n) is 19.8. The first kappa shape index (κ1) is 27.8. The van der Waals surface area contributed by atoms with Crippen LogP contribution >= 0.6 is 0 Å². The Labute approximate surface area is 211 Å². The molecule has 1 heterocycles. The van der Waals surface area contributed by atoms with Crippen LogP contribution in [0, 0.1) is 0 Å². The molecule has 0 aliphatic carbocycles. The minimum absolute atomic E-state index is 0.0233. The Morgan fingerprint density at radius 3 is 1.94 bits per heavy atom. The van der Waals surface area contributed by atoms with Crippen LogP contribution in [0.3, 0.4) is 0 Å². The van der Waals surface area contributed by atoms with Gasteiger partial charge in [0.25, 0.3) is 20.2 Å². The number of fused-ring (bicyclic) bond motifs is 1. The zero-order valence-corrected chi connectivity index (χ0v) is 21.4. The highest BCUT2D eigenvalue weighted by atomic mass is 32.2. The Balaban J connectivity index is 0.000000201. The number of hydrogen-bond donors (Lipinski definition) is 3. The average Bonchev–Trinajstić information content (AvgIpc) is 3.28. The van der Waals surface area contributed by atoms with Crippen LogP contribution in [0.2, 0.25) is 0 Å². The highest BCUT2D eigenvalue weighted by Crippen LogP contribution is 2.29. The molecule has 1 saturated heterocycles. The van der Waals surface area contributed by atoms with E-state index in [1.54, 1.807) is 7.11 Å². The zero-order chi connectivity index (χ0) is 26.3. The molecule has 0 radical (unpaired) electrons. The Morgan fingerprint density at radius 2 is 1.44 bits per heavy atom. The van der Waals surface area contributed by atoms with Gasteiger partial charge in [0.2, 0.25) is 0 Å². The first-order chi connectivity index (χ1) is 17.0. The topological polar surface area (TPSA) is 156 Å². The van der Waals surface area contributed by atoms with Crippen molar-refractivity contribution in [3.63, 3.8) is 0 Å². The van der Waals surface area contributed by atoms with Gasteiger partial charge in [-0.15, -0.1) is 0 Å². The lowest BCUT2D eigenvalue weighted by atomic mass is 10.1. The molecule has 1 atom stereocenters. The molecule has 196 valence electrons. The number of hydrogen-bond acceptors (Lipinski definition) is 8. The number of nitrogens with two attached hydrogens (primary N) is 1. The number of ether oxygens (including phenoxy) is 2. The van der Waals surface area contributed by atoms with Crippen molar-refractivity contribution < 1.29 is 35.4 Å². The maximum atomic E-state index is 11.2. The second kappa shape index (κ2) is 12.0. The summed E-state index contributed by atoms with van der Waals surface area (Å²) in [5, 5.41) is 0.0465. The van der Waals surface area contributed by atoms with Crippen LogP contribution in [0.1, 0.15) is 12.8 Å². The molecular formula is C24H30N2O8S2. The number of rotatable bonds is 8. The molecule has 0 bridgehead atoms. The lowest BCUT2D eigenvalue weighted by molar-refractivity contribution is 0.192. The third-order valence-electron chi connectivity index (χ3n) is 5.67. The Hall–Kier alpha value is -2.74. The van der Waals surface area contributed by atoms with Gasteiger partial charge in [0.1, 0.15) is 15.9 Å². The van der Waals surface area contributed by atoms with Gasteiger partial charge in [-0.05, 0) is 50.2 Å². The van der Waals surface area contributed by atoms with Gasteiger partial charge in [-0.1, -0.05) is 36.4 Å². The molecule has 0 aromatic heterocycles. The van der Waals surface area contributed by atoms with Crippen molar-refractivity contribution in [3.05, 3.63) is 60.7 Å². The van der Waals surface area contributed by atoms with E-state index in [2.05, 4.69) is 4.90 Å². The second-order valence-corrected chi connectivity index (χ2v) is 11.0. The van der Waals surface area contributed by atoms with E-state index in [1.807, 2.05) is 24.3 Å². The number of benzene rings is 3. The van der Waals surface area contributed by atoms with Crippen molar-refractivity contribution in [3.8, 4) is 11.5 Å². The van der Waals surface area contributed by atoms with E-state index in [0.717, 1.165) is 62.7 Å². The number of methoxy groups -OCH3 is 1. The summed E-state index contributed by atoms with van der Waals surface area (Å²) in [6.45, 7) is 3.91. The van der Waals surface area contributed by atoms with Crippen LogP contribution in [0.5, 0.6) is 11.5 Å². The van der Waals surface area contributed by atoms with E-state index in [-0.39, 0.29) is 16.9 Å². The summed E-state index contributed by atoms with van der Waals surface area (Å²) >= 11 is 0. The van der Waals surface area contributed by atoms with Gasteiger partial charge < -0.3 is 15.2 Å². The molecule has 1 aliphatic rings. The number of likely N-dealkylation sites (tertiary alicyclic amines) is 1. The van der Waals surface area contributed by atoms with Crippen LogP contribution in [0.25, 0.3) is 10.8 Å². The SMILES string of the molecule is COc1ccccc1OC1CCN(CCCN)C1.O=S(=O)(O)c1cccc2c(S(=O)(=O)O)cccc12. The smallest absolute Gasteiger partial charge is 0.295 e. The largest absolute Gasteiger partial charge is 0.493 e. The third-order valence-corrected chi connectivity index (χ3v) is 7.49. The second-order valence-electron chi connectivity index (χ2n) is 8.18. The summed E-state index contributed by atoms with van der Waals surface area (Å²) in [5.74, 6) is 1.64. The van der Waals surface area contributed by atoms with Gasteiger partial charge in [-0.2, -0.15) is 16.8 Å². The predicted molar refractivity (Wildman–Crippen MR) is 136 cm³/mol. The van der Waals surface area contributed by atoms with Crippen LogP contribution in [-0.4, -0.2) is 70.2 Å². The van der Waals surface area contributed by atoms with E-state index < -0.39 is 30.0 Å². The van der Waals surface area contributed by atoms with Crippen molar-refractivity contribution in [1.29, 1.82) is 0 Å². The van der Waals surface area contributed by atoms with Gasteiger partial charge in [-0.25, -0.2) is 0 Å². The minimum Gasteiger partial charge on any atom is -0.493 e. The molecule has 3 aromatic carbocycles. The standard InChI is InChI=1S/C14H22N2O2.C10H8O6S2/c1-17-13-5-2-3-6-14(13)18-12-7-10-16(11-12)9-4-8-15;11-17(12,13)9-5-1-3-7-8(9)4-2-6-10(7)18(14,15)16/h2-3,5-6,12H,4,7-11,15H2,1H3;1-6H,(H,11,12,13)(H,14,15,16). The van der Waals surface area contributed by atoms with E-state index in [9.17, 15) is 16.8 Å².